The van der Waals surface area contributed by atoms with Crippen molar-refractivity contribution in [2.75, 3.05) is 31.7 Å². The van der Waals surface area contributed by atoms with Gasteiger partial charge < -0.3 is 24.8 Å². The number of amides is 1. The van der Waals surface area contributed by atoms with Gasteiger partial charge in [-0.15, -0.1) is 17.9 Å². The van der Waals surface area contributed by atoms with Crippen molar-refractivity contribution in [3.63, 3.8) is 0 Å². The van der Waals surface area contributed by atoms with E-state index in [1.807, 2.05) is 25.1 Å². The van der Waals surface area contributed by atoms with Crippen LogP contribution in [-0.2, 0) is 9.53 Å². The van der Waals surface area contributed by atoms with E-state index in [1.54, 1.807) is 11.5 Å². The van der Waals surface area contributed by atoms with Gasteiger partial charge in [0.25, 0.3) is 5.91 Å². The van der Waals surface area contributed by atoms with Crippen LogP contribution in [0.5, 0.6) is 11.5 Å². The van der Waals surface area contributed by atoms with Crippen LogP contribution in [0.3, 0.4) is 0 Å². The fourth-order valence-corrected chi connectivity index (χ4v) is 3.20. The zero-order chi connectivity index (χ0) is 19.9. The van der Waals surface area contributed by atoms with Gasteiger partial charge in [0.2, 0.25) is 0 Å². The molecule has 0 unspecified atom stereocenters. The molecule has 148 valence electrons. The van der Waals surface area contributed by atoms with Crippen molar-refractivity contribution in [3.05, 3.63) is 47.5 Å². The number of hydrogen-bond acceptors (Lipinski definition) is 8. The molecule has 1 aromatic heterocycles. The molecule has 9 heteroatoms. The van der Waals surface area contributed by atoms with Crippen molar-refractivity contribution >= 4 is 28.3 Å². The second-order valence-electron chi connectivity index (χ2n) is 5.98. The Bertz CT molecular complexity index is 867. The lowest BCUT2D eigenvalue weighted by molar-refractivity contribution is -0.124. The summed E-state index contributed by atoms with van der Waals surface area (Å²) in [6.45, 7) is 6.61. The number of nitrogens with zero attached hydrogens (tertiary/aromatic N) is 1. The first-order valence-corrected chi connectivity index (χ1v) is 9.61. The van der Waals surface area contributed by atoms with Crippen LogP contribution in [0.25, 0.3) is 0 Å². The molecule has 1 aliphatic heterocycles. The van der Waals surface area contributed by atoms with Crippen LogP contribution in [0, 0.1) is 0 Å². The van der Waals surface area contributed by atoms with Gasteiger partial charge in [0.1, 0.15) is 13.2 Å². The summed E-state index contributed by atoms with van der Waals surface area (Å²) in [5.41, 5.74) is 1.02. The lowest BCUT2D eigenvalue weighted by Gasteiger charge is -2.21. The van der Waals surface area contributed by atoms with Gasteiger partial charge in [-0.3, -0.25) is 4.79 Å². The third kappa shape index (κ3) is 5.01. The maximum Gasteiger partial charge on any atom is 0.358 e. The van der Waals surface area contributed by atoms with Crippen LogP contribution in [-0.4, -0.2) is 43.2 Å². The molecule has 0 saturated heterocycles. The standard InChI is InChI=1S/C19H21N3O5S/c1-3-6-20-19-22-14(11-28-19)18(24)27-10-17(23)21-12(2)13-4-5-15-16(9-13)26-8-7-25-15/h3-5,9,11-12H,1,6-8,10H2,2H3,(H,20,22)(H,21,23)/t12-/m0/s1. The average molecular weight is 403 g/mol. The Kier molecular flexibility index (Phi) is 6.49. The van der Waals surface area contributed by atoms with Crippen molar-refractivity contribution in [2.24, 2.45) is 0 Å². The maximum absolute atomic E-state index is 12.1. The molecule has 0 saturated carbocycles. The molecule has 2 heterocycles. The van der Waals surface area contributed by atoms with Crippen LogP contribution < -0.4 is 20.1 Å². The SMILES string of the molecule is C=CCNc1nc(C(=O)OCC(=O)N[C@@H](C)c2ccc3c(c2)OCCO3)cs1. The molecule has 1 aliphatic rings. The number of fused-ring (bicyclic) bond motifs is 1. The maximum atomic E-state index is 12.1. The second-order valence-corrected chi connectivity index (χ2v) is 6.83. The number of rotatable bonds is 8. The van der Waals surface area contributed by atoms with Crippen molar-refractivity contribution < 1.29 is 23.8 Å². The minimum Gasteiger partial charge on any atom is -0.486 e. The molecule has 0 fully saturated rings. The summed E-state index contributed by atoms with van der Waals surface area (Å²) in [5.74, 6) is 0.286. The molecule has 0 radical (unpaired) electrons. The van der Waals surface area contributed by atoms with Gasteiger partial charge in [-0.05, 0) is 24.6 Å². The Hall–Kier alpha value is -3.07. The first-order chi connectivity index (χ1) is 13.6. The highest BCUT2D eigenvalue weighted by Gasteiger charge is 2.18. The summed E-state index contributed by atoms with van der Waals surface area (Å²) in [4.78, 5) is 28.2. The van der Waals surface area contributed by atoms with Gasteiger partial charge in [0, 0.05) is 11.9 Å². The van der Waals surface area contributed by atoms with Crippen molar-refractivity contribution in [3.8, 4) is 11.5 Å². The summed E-state index contributed by atoms with van der Waals surface area (Å²) in [7, 11) is 0. The van der Waals surface area contributed by atoms with Crippen LogP contribution in [0.15, 0.2) is 36.2 Å². The zero-order valence-corrected chi connectivity index (χ0v) is 16.2. The van der Waals surface area contributed by atoms with E-state index in [1.165, 1.54) is 11.3 Å². The van der Waals surface area contributed by atoms with E-state index in [2.05, 4.69) is 22.2 Å². The minimum absolute atomic E-state index is 0.157. The van der Waals surface area contributed by atoms with Gasteiger partial charge >= 0.3 is 5.97 Å². The Labute approximate surface area is 166 Å². The Morgan fingerprint density at radius 3 is 2.93 bits per heavy atom. The zero-order valence-electron chi connectivity index (χ0n) is 15.4. The molecule has 0 spiro atoms. The number of aromatic nitrogens is 1. The number of nitrogens with one attached hydrogen (secondary N) is 2. The molecule has 3 rings (SSSR count). The fraction of sp³-hybridized carbons (Fsp3) is 0.316. The monoisotopic (exact) mass is 403 g/mol. The molecule has 8 nitrogen and oxygen atoms in total. The Morgan fingerprint density at radius 1 is 1.36 bits per heavy atom. The number of anilines is 1. The highest BCUT2D eigenvalue weighted by molar-refractivity contribution is 7.13. The molecule has 2 aromatic rings. The van der Waals surface area contributed by atoms with E-state index in [-0.39, 0.29) is 18.3 Å². The van der Waals surface area contributed by atoms with Gasteiger partial charge in [-0.1, -0.05) is 12.1 Å². The third-order valence-electron chi connectivity index (χ3n) is 3.89. The lowest BCUT2D eigenvalue weighted by atomic mass is 10.1. The summed E-state index contributed by atoms with van der Waals surface area (Å²) in [5, 5.41) is 7.93. The average Bonchev–Trinajstić information content (AvgIpc) is 3.19. The smallest absolute Gasteiger partial charge is 0.358 e. The van der Waals surface area contributed by atoms with Gasteiger partial charge in [-0.25, -0.2) is 9.78 Å². The van der Waals surface area contributed by atoms with Crippen LogP contribution in [0.1, 0.15) is 29.0 Å². The number of benzene rings is 1. The topological polar surface area (TPSA) is 98.8 Å². The first kappa shape index (κ1) is 19.7. The molecule has 0 aliphatic carbocycles. The molecular formula is C19H21N3O5S. The number of ether oxygens (including phenoxy) is 3. The molecule has 1 aromatic carbocycles. The molecule has 28 heavy (non-hydrogen) atoms. The van der Waals surface area contributed by atoms with Crippen LogP contribution >= 0.6 is 11.3 Å². The number of hydrogen-bond donors (Lipinski definition) is 2. The molecule has 1 atom stereocenters. The van der Waals surface area contributed by atoms with E-state index in [0.29, 0.717) is 36.4 Å². The van der Waals surface area contributed by atoms with Crippen molar-refractivity contribution in [1.82, 2.24) is 10.3 Å². The van der Waals surface area contributed by atoms with E-state index in [9.17, 15) is 9.59 Å². The van der Waals surface area contributed by atoms with Crippen LogP contribution in [0.4, 0.5) is 5.13 Å². The quantitative estimate of drug-likeness (QED) is 0.516. The normalized spacial score (nSPS) is 13.3. The molecular weight excluding hydrogens is 382 g/mol. The summed E-state index contributed by atoms with van der Waals surface area (Å²) in [6.07, 6.45) is 1.69. The summed E-state index contributed by atoms with van der Waals surface area (Å²) in [6, 6.07) is 5.22. The van der Waals surface area contributed by atoms with Crippen molar-refractivity contribution in [1.29, 1.82) is 0 Å². The number of esters is 1. The molecule has 1 amide bonds. The highest BCUT2D eigenvalue weighted by atomic mass is 32.1. The van der Waals surface area contributed by atoms with Gasteiger partial charge in [0.05, 0.1) is 6.04 Å². The van der Waals surface area contributed by atoms with Gasteiger partial charge in [-0.2, -0.15) is 0 Å². The molecule has 0 bridgehead atoms. The largest absolute Gasteiger partial charge is 0.486 e. The first-order valence-electron chi connectivity index (χ1n) is 8.73. The van der Waals surface area contributed by atoms with Crippen LogP contribution in [0.2, 0.25) is 0 Å². The molecule has 2 N–H and O–H groups in total. The Morgan fingerprint density at radius 2 is 2.14 bits per heavy atom. The second kappa shape index (κ2) is 9.23. The number of carbonyl (C=O) groups is 2. The highest BCUT2D eigenvalue weighted by Crippen LogP contribution is 2.32. The third-order valence-corrected chi connectivity index (χ3v) is 4.69. The predicted octanol–water partition coefficient (Wildman–Crippen LogP) is 2.55. The summed E-state index contributed by atoms with van der Waals surface area (Å²) < 4.78 is 16.1. The van der Waals surface area contributed by atoms with Gasteiger partial charge in [0.15, 0.2) is 28.9 Å². The number of carbonyl (C=O) groups excluding carboxylic acids is 2. The minimum atomic E-state index is -0.648. The fourth-order valence-electron chi connectivity index (χ4n) is 2.51. The lowest BCUT2D eigenvalue weighted by Crippen LogP contribution is -2.31. The van der Waals surface area contributed by atoms with E-state index >= 15 is 0 Å². The predicted molar refractivity (Wildman–Crippen MR) is 105 cm³/mol. The van der Waals surface area contributed by atoms with Crippen molar-refractivity contribution in [2.45, 2.75) is 13.0 Å². The number of thiazole rings is 1. The Balaban J connectivity index is 1.49. The van der Waals surface area contributed by atoms with E-state index < -0.39 is 11.9 Å². The summed E-state index contributed by atoms with van der Waals surface area (Å²) >= 11 is 1.28. The van der Waals surface area contributed by atoms with E-state index in [0.717, 1.165) is 5.56 Å². The van der Waals surface area contributed by atoms with E-state index in [4.69, 9.17) is 14.2 Å².